The van der Waals surface area contributed by atoms with E-state index in [0.717, 1.165) is 12.8 Å². The van der Waals surface area contributed by atoms with Crippen molar-refractivity contribution in [2.45, 2.75) is 72.8 Å². The molecule has 1 aliphatic rings. The minimum absolute atomic E-state index is 0.100. The van der Waals surface area contributed by atoms with Crippen LogP contribution in [-0.4, -0.2) is 18.9 Å². The summed E-state index contributed by atoms with van der Waals surface area (Å²) in [4.78, 5) is 12.1. The standard InChI is InChI=1S/C15H28O3/c1-14(2,3)15(4,5)13(16)18-11-17-12-9-7-6-8-10-12/h12H,6-11H2,1-5H3. The van der Waals surface area contributed by atoms with Crippen LogP contribution >= 0.6 is 0 Å². The Morgan fingerprint density at radius 1 is 1.06 bits per heavy atom. The Morgan fingerprint density at radius 3 is 2.11 bits per heavy atom. The van der Waals surface area contributed by atoms with E-state index in [2.05, 4.69) is 20.8 Å². The van der Waals surface area contributed by atoms with E-state index in [-0.39, 0.29) is 24.3 Å². The Balaban J connectivity index is 2.32. The lowest BCUT2D eigenvalue weighted by Gasteiger charge is -2.36. The molecule has 0 radical (unpaired) electrons. The third kappa shape index (κ3) is 3.98. The fourth-order valence-electron chi connectivity index (χ4n) is 1.90. The molecule has 0 unspecified atom stereocenters. The fourth-order valence-corrected chi connectivity index (χ4v) is 1.90. The maximum absolute atomic E-state index is 12.1. The SMILES string of the molecule is CC(C)(C)C(C)(C)C(=O)OCOC1CCCCC1. The minimum Gasteiger partial charge on any atom is -0.438 e. The van der Waals surface area contributed by atoms with Gasteiger partial charge in [0.25, 0.3) is 0 Å². The molecular formula is C15H28O3. The van der Waals surface area contributed by atoms with E-state index in [9.17, 15) is 4.79 Å². The summed E-state index contributed by atoms with van der Waals surface area (Å²) in [6.07, 6.45) is 6.24. The number of ether oxygens (including phenoxy) is 2. The Morgan fingerprint density at radius 2 is 1.61 bits per heavy atom. The summed E-state index contributed by atoms with van der Waals surface area (Å²) in [5.41, 5.74) is -0.613. The molecule has 0 aromatic heterocycles. The molecule has 0 amide bonds. The van der Waals surface area contributed by atoms with Crippen LogP contribution in [0.1, 0.15) is 66.7 Å². The van der Waals surface area contributed by atoms with Crippen LogP contribution in [0.25, 0.3) is 0 Å². The van der Waals surface area contributed by atoms with E-state index in [1.165, 1.54) is 19.3 Å². The number of carbonyl (C=O) groups excluding carboxylic acids is 1. The van der Waals surface area contributed by atoms with Crippen molar-refractivity contribution >= 4 is 5.97 Å². The molecule has 0 spiro atoms. The average molecular weight is 256 g/mol. The van der Waals surface area contributed by atoms with Crippen LogP contribution in [0.2, 0.25) is 0 Å². The molecular weight excluding hydrogens is 228 g/mol. The third-order valence-corrected chi connectivity index (χ3v) is 4.43. The Bertz CT molecular complexity index is 270. The number of esters is 1. The average Bonchev–Trinajstić information content (AvgIpc) is 2.28. The van der Waals surface area contributed by atoms with Crippen LogP contribution in [0.15, 0.2) is 0 Å². The van der Waals surface area contributed by atoms with Crippen molar-refractivity contribution in [3.8, 4) is 0 Å². The molecule has 0 aromatic carbocycles. The molecule has 0 heterocycles. The molecule has 0 aromatic rings. The van der Waals surface area contributed by atoms with Crippen LogP contribution < -0.4 is 0 Å². The van der Waals surface area contributed by atoms with Crippen molar-refractivity contribution in [2.24, 2.45) is 10.8 Å². The van der Waals surface area contributed by atoms with Crippen LogP contribution in [0.3, 0.4) is 0 Å². The molecule has 3 heteroatoms. The van der Waals surface area contributed by atoms with Crippen LogP contribution in [0.5, 0.6) is 0 Å². The second-order valence-electron chi connectivity index (χ2n) is 6.85. The first-order valence-corrected chi connectivity index (χ1v) is 7.04. The normalized spacial score (nSPS) is 18.7. The predicted molar refractivity (Wildman–Crippen MR) is 72.2 cm³/mol. The van der Waals surface area contributed by atoms with Gasteiger partial charge >= 0.3 is 5.97 Å². The van der Waals surface area contributed by atoms with Crippen molar-refractivity contribution in [1.29, 1.82) is 0 Å². The van der Waals surface area contributed by atoms with Crippen molar-refractivity contribution in [2.75, 3.05) is 6.79 Å². The zero-order chi connectivity index (χ0) is 13.8. The molecule has 18 heavy (non-hydrogen) atoms. The van der Waals surface area contributed by atoms with Gasteiger partial charge in [-0.1, -0.05) is 40.0 Å². The maximum atomic E-state index is 12.1. The van der Waals surface area contributed by atoms with E-state index in [4.69, 9.17) is 9.47 Å². The second kappa shape index (κ2) is 6.05. The summed E-state index contributed by atoms with van der Waals surface area (Å²) < 4.78 is 10.9. The maximum Gasteiger partial charge on any atom is 0.314 e. The van der Waals surface area contributed by atoms with Crippen molar-refractivity contribution in [1.82, 2.24) is 0 Å². The van der Waals surface area contributed by atoms with E-state index in [0.29, 0.717) is 0 Å². The smallest absolute Gasteiger partial charge is 0.314 e. The summed E-state index contributed by atoms with van der Waals surface area (Å²) >= 11 is 0. The Hall–Kier alpha value is -0.570. The molecule has 3 nitrogen and oxygen atoms in total. The highest BCUT2D eigenvalue weighted by Crippen LogP contribution is 2.38. The van der Waals surface area contributed by atoms with Gasteiger partial charge in [-0.05, 0) is 32.1 Å². The molecule has 0 N–H and O–H groups in total. The van der Waals surface area contributed by atoms with Gasteiger partial charge in [-0.2, -0.15) is 0 Å². The summed E-state index contributed by atoms with van der Waals surface area (Å²) in [6.45, 7) is 10.1. The monoisotopic (exact) mass is 256 g/mol. The largest absolute Gasteiger partial charge is 0.438 e. The van der Waals surface area contributed by atoms with Crippen LogP contribution in [0, 0.1) is 10.8 Å². The first-order chi connectivity index (χ1) is 8.25. The topological polar surface area (TPSA) is 35.5 Å². The summed E-state index contributed by atoms with van der Waals surface area (Å²) in [5.74, 6) is -0.175. The molecule has 0 aliphatic heterocycles. The van der Waals surface area contributed by atoms with Gasteiger partial charge in [0.2, 0.25) is 0 Å². The molecule has 0 atom stereocenters. The first kappa shape index (κ1) is 15.5. The van der Waals surface area contributed by atoms with Gasteiger partial charge in [-0.3, -0.25) is 4.79 Å². The number of hydrogen-bond acceptors (Lipinski definition) is 3. The molecule has 1 rings (SSSR count). The van der Waals surface area contributed by atoms with Gasteiger partial charge in [-0.15, -0.1) is 0 Å². The van der Waals surface area contributed by atoms with E-state index in [1.807, 2.05) is 13.8 Å². The predicted octanol–water partition coefficient (Wildman–Crippen LogP) is 3.91. The lowest BCUT2D eigenvalue weighted by Crippen LogP contribution is -2.39. The highest BCUT2D eigenvalue weighted by molar-refractivity contribution is 5.76. The molecule has 0 bridgehead atoms. The minimum atomic E-state index is -0.497. The number of carbonyl (C=O) groups is 1. The Kier molecular flexibility index (Phi) is 5.20. The van der Waals surface area contributed by atoms with Crippen molar-refractivity contribution in [3.63, 3.8) is 0 Å². The number of rotatable bonds is 4. The van der Waals surface area contributed by atoms with Crippen LogP contribution in [0.4, 0.5) is 0 Å². The fraction of sp³-hybridized carbons (Fsp3) is 0.933. The summed E-state index contributed by atoms with van der Waals surface area (Å²) in [6, 6.07) is 0. The van der Waals surface area contributed by atoms with E-state index in [1.54, 1.807) is 0 Å². The second-order valence-corrected chi connectivity index (χ2v) is 6.85. The van der Waals surface area contributed by atoms with Gasteiger partial charge in [0, 0.05) is 0 Å². The molecule has 1 fully saturated rings. The molecule has 0 saturated heterocycles. The van der Waals surface area contributed by atoms with Gasteiger partial charge < -0.3 is 9.47 Å². The van der Waals surface area contributed by atoms with E-state index >= 15 is 0 Å². The quantitative estimate of drug-likeness (QED) is 0.565. The first-order valence-electron chi connectivity index (χ1n) is 7.04. The van der Waals surface area contributed by atoms with Crippen molar-refractivity contribution in [3.05, 3.63) is 0 Å². The van der Waals surface area contributed by atoms with Crippen molar-refractivity contribution < 1.29 is 14.3 Å². The Labute approximate surface area is 111 Å². The zero-order valence-corrected chi connectivity index (χ0v) is 12.5. The van der Waals surface area contributed by atoms with Crippen LogP contribution in [-0.2, 0) is 14.3 Å². The lowest BCUT2D eigenvalue weighted by atomic mass is 9.69. The highest BCUT2D eigenvalue weighted by atomic mass is 16.7. The van der Waals surface area contributed by atoms with Gasteiger partial charge in [0.15, 0.2) is 6.79 Å². The summed E-state index contributed by atoms with van der Waals surface area (Å²) in [7, 11) is 0. The highest BCUT2D eigenvalue weighted by Gasteiger charge is 2.41. The zero-order valence-electron chi connectivity index (χ0n) is 12.5. The van der Waals surface area contributed by atoms with E-state index < -0.39 is 5.41 Å². The lowest BCUT2D eigenvalue weighted by molar-refractivity contribution is -0.178. The summed E-state index contributed by atoms with van der Waals surface area (Å²) in [5, 5.41) is 0. The molecule has 1 saturated carbocycles. The molecule has 1 aliphatic carbocycles. The van der Waals surface area contributed by atoms with Gasteiger partial charge in [-0.25, -0.2) is 0 Å². The van der Waals surface area contributed by atoms with Gasteiger partial charge in [0.1, 0.15) is 0 Å². The van der Waals surface area contributed by atoms with Gasteiger partial charge in [0.05, 0.1) is 11.5 Å². The molecule has 106 valence electrons. The third-order valence-electron chi connectivity index (χ3n) is 4.43. The number of hydrogen-bond donors (Lipinski definition) is 0.